The van der Waals surface area contributed by atoms with E-state index < -0.39 is 36.0 Å². The van der Waals surface area contributed by atoms with Crippen molar-refractivity contribution in [1.82, 2.24) is 16.0 Å². The first kappa shape index (κ1) is 73.1. The maximum atomic E-state index is 13.6. The molecule has 0 fully saturated rings. The molecule has 18 heteroatoms. The Hall–Kier alpha value is -7.32. The van der Waals surface area contributed by atoms with Crippen LogP contribution in [0, 0.1) is 41.5 Å². The molecule has 7 rings (SSSR count). The summed E-state index contributed by atoms with van der Waals surface area (Å²) in [6, 6.07) is 25.4. The molecule has 0 bridgehead atoms. The van der Waals surface area contributed by atoms with Gasteiger partial charge in [0.25, 0.3) is 0 Å². The van der Waals surface area contributed by atoms with Gasteiger partial charge < -0.3 is 44.8 Å². The highest BCUT2D eigenvalue weighted by atomic mass is 32.2. The van der Waals surface area contributed by atoms with Crippen LogP contribution in [0.1, 0.15) is 138 Å². The molecule has 0 saturated heterocycles. The number of methoxy groups -OCH3 is 3. The standard InChI is InChI=1S/C75H93N3O12S3/c1-13-58-61(37-91-40-64(73(85)88-10)76-34-55-28-46(7)25-52(70(55)82)31-49-22-43(4)16-19-67(49)79)59(14-2)63(39-93-42-66(75(87)90-12)78-36-57-30-48(9)27-54(72(57)84)33-51-24-45(6)18-21-69(51)81)60(15-3)62(58)38-92-41-65(74(86)89-11)77-35-56-29-47(8)26-53(71(56)83)32-50-23-44(5)17-20-68(50)80/h16-30,64-66,76-84H,13-15,31-42H2,1-12H3/t64-,65-,66-/m0/s1. The molecule has 0 radical (unpaired) electrons. The second-order valence-electron chi connectivity index (χ2n) is 24.1. The number of phenols is 6. The number of esters is 3. The first-order chi connectivity index (χ1) is 44.5. The third-order valence-electron chi connectivity index (χ3n) is 17.0. The maximum Gasteiger partial charge on any atom is 0.323 e. The summed E-state index contributed by atoms with van der Waals surface area (Å²) in [6.07, 6.45) is 3.07. The largest absolute Gasteiger partial charge is 0.508 e. The van der Waals surface area contributed by atoms with E-state index in [0.717, 1.165) is 50.1 Å². The average molecular weight is 1320 g/mol. The van der Waals surface area contributed by atoms with E-state index in [1.165, 1.54) is 38.0 Å². The molecule has 498 valence electrons. The van der Waals surface area contributed by atoms with Gasteiger partial charge in [0.15, 0.2) is 0 Å². The Morgan fingerprint density at radius 1 is 0.355 bits per heavy atom. The van der Waals surface area contributed by atoms with Crippen LogP contribution in [0.15, 0.2) is 91.0 Å². The van der Waals surface area contributed by atoms with Crippen molar-refractivity contribution in [2.45, 2.75) is 156 Å². The predicted molar refractivity (Wildman–Crippen MR) is 376 cm³/mol. The van der Waals surface area contributed by atoms with Gasteiger partial charge in [-0.3, -0.25) is 30.3 Å². The van der Waals surface area contributed by atoms with Crippen LogP contribution in [-0.2, 0) is 104 Å². The number of aryl methyl sites for hydroxylation is 6. The summed E-state index contributed by atoms with van der Waals surface area (Å²) in [5, 5.41) is 77.1. The Balaban J connectivity index is 1.16. The number of carbonyl (C=O) groups is 3. The van der Waals surface area contributed by atoms with Gasteiger partial charge in [-0.05, 0) is 146 Å². The van der Waals surface area contributed by atoms with Crippen molar-refractivity contribution in [3.05, 3.63) is 208 Å². The van der Waals surface area contributed by atoms with Crippen LogP contribution in [0.3, 0.4) is 0 Å². The molecule has 0 aliphatic rings. The third-order valence-corrected chi connectivity index (χ3v) is 20.2. The van der Waals surface area contributed by atoms with E-state index in [9.17, 15) is 45.0 Å². The fraction of sp³-hybridized carbons (Fsp3) is 0.400. The van der Waals surface area contributed by atoms with E-state index >= 15 is 0 Å². The molecular formula is C75H93N3O12S3. The highest BCUT2D eigenvalue weighted by Crippen LogP contribution is 2.39. The minimum Gasteiger partial charge on any atom is -0.508 e. The first-order valence-electron chi connectivity index (χ1n) is 31.6. The number of hydrogen-bond acceptors (Lipinski definition) is 18. The molecule has 93 heavy (non-hydrogen) atoms. The van der Waals surface area contributed by atoms with Gasteiger partial charge in [0.05, 0.1) is 21.3 Å². The Labute approximate surface area is 561 Å². The van der Waals surface area contributed by atoms with E-state index in [4.69, 9.17) is 14.2 Å². The molecule has 0 amide bonds. The number of aromatic hydroxyl groups is 6. The van der Waals surface area contributed by atoms with Crippen LogP contribution in [0.4, 0.5) is 0 Å². The van der Waals surface area contributed by atoms with Gasteiger partial charge in [-0.25, -0.2) is 0 Å². The van der Waals surface area contributed by atoms with E-state index in [1.807, 2.05) is 114 Å². The molecular weight excluding hydrogens is 1230 g/mol. The molecule has 0 aliphatic heterocycles. The van der Waals surface area contributed by atoms with Crippen molar-refractivity contribution in [1.29, 1.82) is 0 Å². The smallest absolute Gasteiger partial charge is 0.323 e. The van der Waals surface area contributed by atoms with Crippen LogP contribution >= 0.6 is 35.3 Å². The van der Waals surface area contributed by atoms with Gasteiger partial charge in [-0.2, -0.15) is 35.3 Å². The van der Waals surface area contributed by atoms with Crippen LogP contribution in [0.25, 0.3) is 0 Å². The molecule has 15 nitrogen and oxygen atoms in total. The molecule has 0 heterocycles. The van der Waals surface area contributed by atoms with Crippen LogP contribution in [0.5, 0.6) is 34.5 Å². The molecule has 3 atom stereocenters. The van der Waals surface area contributed by atoms with Crippen molar-refractivity contribution >= 4 is 53.2 Å². The topological polar surface area (TPSA) is 236 Å². The summed E-state index contributed by atoms with van der Waals surface area (Å²) in [5.41, 5.74) is 18.7. The number of rotatable bonds is 33. The minimum atomic E-state index is -0.741. The van der Waals surface area contributed by atoms with Crippen LogP contribution in [0.2, 0.25) is 0 Å². The summed E-state index contributed by atoms with van der Waals surface area (Å²) in [6.45, 7) is 18.7. The second kappa shape index (κ2) is 34.7. The normalized spacial score (nSPS) is 12.4. The van der Waals surface area contributed by atoms with Gasteiger partial charge in [0.2, 0.25) is 0 Å². The quantitative estimate of drug-likeness (QED) is 0.0137. The van der Waals surface area contributed by atoms with Gasteiger partial charge in [-0.15, -0.1) is 0 Å². The van der Waals surface area contributed by atoms with Crippen molar-refractivity contribution in [3.63, 3.8) is 0 Å². The Bertz CT molecular complexity index is 3370. The van der Waals surface area contributed by atoms with Crippen molar-refractivity contribution in [2.24, 2.45) is 0 Å². The molecule has 9 N–H and O–H groups in total. The number of ether oxygens (including phenoxy) is 3. The van der Waals surface area contributed by atoms with Crippen LogP contribution in [-0.4, -0.2) is 105 Å². The van der Waals surface area contributed by atoms with E-state index in [0.29, 0.717) is 123 Å². The van der Waals surface area contributed by atoms with Crippen LogP contribution < -0.4 is 16.0 Å². The minimum absolute atomic E-state index is 0.0900. The lowest BCUT2D eigenvalue weighted by Crippen LogP contribution is -2.39. The fourth-order valence-corrected chi connectivity index (χ4v) is 15.8. The summed E-state index contributed by atoms with van der Waals surface area (Å²) in [5.74, 6) is 2.09. The zero-order valence-corrected chi connectivity index (χ0v) is 58.3. The van der Waals surface area contributed by atoms with Gasteiger partial charge >= 0.3 is 17.9 Å². The number of thioether (sulfide) groups is 3. The third kappa shape index (κ3) is 19.4. The lowest BCUT2D eigenvalue weighted by Gasteiger charge is -2.27. The molecule has 7 aromatic rings. The highest BCUT2D eigenvalue weighted by molar-refractivity contribution is 7.99. The second-order valence-corrected chi connectivity index (χ2v) is 27.2. The number of carbonyl (C=O) groups excluding carboxylic acids is 3. The average Bonchev–Trinajstić information content (AvgIpc) is 0.793. The summed E-state index contributed by atoms with van der Waals surface area (Å²) < 4.78 is 16.1. The van der Waals surface area contributed by atoms with E-state index in [1.54, 1.807) is 53.5 Å². The van der Waals surface area contributed by atoms with Crippen molar-refractivity contribution < 1.29 is 59.2 Å². The van der Waals surface area contributed by atoms with E-state index in [-0.39, 0.29) is 54.1 Å². The molecule has 0 spiro atoms. The highest BCUT2D eigenvalue weighted by Gasteiger charge is 2.28. The van der Waals surface area contributed by atoms with E-state index in [2.05, 4.69) is 36.7 Å². The number of hydrogen-bond donors (Lipinski definition) is 9. The predicted octanol–water partition coefficient (Wildman–Crippen LogP) is 12.9. The van der Waals surface area contributed by atoms with Gasteiger partial charge in [0.1, 0.15) is 52.6 Å². The molecule has 0 saturated carbocycles. The monoisotopic (exact) mass is 1320 g/mol. The molecule has 7 aromatic carbocycles. The Morgan fingerprint density at radius 3 is 0.828 bits per heavy atom. The summed E-state index contributed by atoms with van der Waals surface area (Å²) >= 11 is 4.84. The maximum absolute atomic E-state index is 13.6. The molecule has 0 unspecified atom stereocenters. The summed E-state index contributed by atoms with van der Waals surface area (Å²) in [7, 11) is 4.10. The Kier molecular flexibility index (Phi) is 27.3. The summed E-state index contributed by atoms with van der Waals surface area (Å²) in [4.78, 5) is 40.9. The zero-order valence-electron chi connectivity index (χ0n) is 55.9. The molecule has 0 aromatic heterocycles. The first-order valence-corrected chi connectivity index (χ1v) is 35.1. The SMILES string of the molecule is CCc1c(CSC[C@H](NCc2cc(C)cc(Cc3cc(C)ccc3O)c2O)C(=O)OC)c(CC)c(CSC[C@H](NCc2cc(C)cc(Cc3cc(C)ccc3O)c2O)C(=O)OC)c(CC)c1CSC[C@H](NCc1cc(C)cc(Cc2cc(C)ccc2O)c1O)C(=O)OC. The van der Waals surface area contributed by atoms with Crippen molar-refractivity contribution in [3.8, 4) is 34.5 Å². The lowest BCUT2D eigenvalue weighted by atomic mass is 9.85. The zero-order chi connectivity index (χ0) is 67.6. The number of nitrogens with one attached hydrogen (secondary N) is 3. The molecule has 0 aliphatic carbocycles. The Morgan fingerprint density at radius 2 is 0.591 bits per heavy atom. The lowest BCUT2D eigenvalue weighted by molar-refractivity contribution is -0.143. The van der Waals surface area contributed by atoms with Gasteiger partial charge in [-0.1, -0.05) is 127 Å². The number of phenolic OH excluding ortho intramolecular Hbond substituents is 6. The fourth-order valence-electron chi connectivity index (χ4n) is 12.3. The van der Waals surface area contributed by atoms with Gasteiger partial charge in [0, 0.05) is 90.1 Å². The number of benzene rings is 7. The van der Waals surface area contributed by atoms with Crippen molar-refractivity contribution in [2.75, 3.05) is 38.6 Å².